The van der Waals surface area contributed by atoms with Crippen LogP contribution >= 0.6 is 23.1 Å². The molecule has 0 atom stereocenters. The van der Waals surface area contributed by atoms with Crippen LogP contribution in [0.2, 0.25) is 0 Å². The van der Waals surface area contributed by atoms with Crippen LogP contribution in [0.1, 0.15) is 26.6 Å². The average Bonchev–Trinajstić information content (AvgIpc) is 3.30. The van der Waals surface area contributed by atoms with Gasteiger partial charge in [0.05, 0.1) is 17.8 Å². The number of rotatable bonds is 6. The van der Waals surface area contributed by atoms with Gasteiger partial charge >= 0.3 is 0 Å². The van der Waals surface area contributed by atoms with Gasteiger partial charge in [-0.2, -0.15) is 0 Å². The molecular formula is C21H19N3OS2. The number of benzene rings is 1. The van der Waals surface area contributed by atoms with E-state index in [1.807, 2.05) is 37.3 Å². The summed E-state index contributed by atoms with van der Waals surface area (Å²) in [6.45, 7) is 4.90. The van der Waals surface area contributed by atoms with Gasteiger partial charge in [-0.25, -0.2) is 9.97 Å². The second kappa shape index (κ2) is 7.66. The largest absolute Gasteiger partial charge is 0.343 e. The van der Waals surface area contributed by atoms with Crippen molar-refractivity contribution in [1.82, 2.24) is 14.5 Å². The molecule has 0 aliphatic carbocycles. The number of nitrogens with zero attached hydrogens (tertiary/aromatic N) is 3. The molecule has 0 aliphatic heterocycles. The number of thioether (sulfide) groups is 1. The first-order valence-electron chi connectivity index (χ1n) is 8.68. The summed E-state index contributed by atoms with van der Waals surface area (Å²) >= 11 is 3.21. The molecule has 4 nitrogen and oxygen atoms in total. The van der Waals surface area contributed by atoms with Crippen LogP contribution < -0.4 is 0 Å². The van der Waals surface area contributed by atoms with Crippen LogP contribution in [0.5, 0.6) is 0 Å². The monoisotopic (exact) mass is 393 g/mol. The van der Waals surface area contributed by atoms with Crippen molar-refractivity contribution in [3.63, 3.8) is 0 Å². The van der Waals surface area contributed by atoms with Crippen LogP contribution in [0, 0.1) is 13.8 Å². The van der Waals surface area contributed by atoms with Gasteiger partial charge in [0.1, 0.15) is 11.4 Å². The highest BCUT2D eigenvalue weighted by atomic mass is 32.2. The zero-order valence-electron chi connectivity index (χ0n) is 15.2. The second-order valence-corrected chi connectivity index (χ2v) is 8.35. The third kappa shape index (κ3) is 3.68. The first-order valence-corrected chi connectivity index (χ1v) is 10.5. The lowest BCUT2D eigenvalue weighted by molar-refractivity contribution is 0.102. The molecule has 4 rings (SSSR count). The maximum atomic E-state index is 12.9. The number of para-hydroxylation sites is 1. The predicted octanol–water partition coefficient (Wildman–Crippen LogP) is 5.13. The van der Waals surface area contributed by atoms with E-state index in [0.717, 1.165) is 39.4 Å². The Bertz CT molecular complexity index is 1090. The van der Waals surface area contributed by atoms with E-state index in [0.29, 0.717) is 5.75 Å². The lowest BCUT2D eigenvalue weighted by atomic mass is 10.2. The molecule has 0 spiro atoms. The lowest BCUT2D eigenvalue weighted by Gasteiger charge is -2.08. The molecule has 0 saturated carbocycles. The molecule has 0 aliphatic rings. The minimum Gasteiger partial charge on any atom is -0.343 e. The van der Waals surface area contributed by atoms with E-state index in [1.165, 1.54) is 16.6 Å². The third-order valence-electron chi connectivity index (χ3n) is 4.61. The Morgan fingerprint density at radius 3 is 2.81 bits per heavy atom. The van der Waals surface area contributed by atoms with Gasteiger partial charge in [-0.1, -0.05) is 36.0 Å². The van der Waals surface area contributed by atoms with E-state index in [-0.39, 0.29) is 5.78 Å². The number of aryl methyl sites for hydroxylation is 1. The van der Waals surface area contributed by atoms with Crippen molar-refractivity contribution in [3.8, 4) is 0 Å². The van der Waals surface area contributed by atoms with Crippen molar-refractivity contribution in [3.05, 3.63) is 76.0 Å². The Hall–Kier alpha value is -2.44. The molecule has 0 unspecified atom stereocenters. The molecule has 6 heteroatoms. The summed E-state index contributed by atoms with van der Waals surface area (Å²) in [5.41, 5.74) is 3.84. The summed E-state index contributed by atoms with van der Waals surface area (Å²) in [6.07, 6.45) is 1.56. The Kier molecular flexibility index (Phi) is 5.09. The molecule has 3 aromatic heterocycles. The summed E-state index contributed by atoms with van der Waals surface area (Å²) in [5.74, 6) is 0.498. The molecule has 27 heavy (non-hydrogen) atoms. The third-order valence-corrected chi connectivity index (χ3v) is 6.48. The maximum Gasteiger partial charge on any atom is 0.174 e. The molecule has 4 aromatic rings. The molecular weight excluding hydrogens is 374 g/mol. The van der Waals surface area contributed by atoms with E-state index in [9.17, 15) is 4.79 Å². The van der Waals surface area contributed by atoms with Gasteiger partial charge in [0.25, 0.3) is 0 Å². The number of ketones is 1. The maximum absolute atomic E-state index is 12.9. The topological polar surface area (TPSA) is 47.8 Å². The fraction of sp³-hybridized carbons (Fsp3) is 0.190. The molecule has 0 saturated heterocycles. The number of fused-ring (bicyclic) bond motifs is 1. The van der Waals surface area contributed by atoms with Crippen LogP contribution in [0.3, 0.4) is 0 Å². The summed E-state index contributed by atoms with van der Waals surface area (Å²) in [4.78, 5) is 22.8. The fourth-order valence-corrected chi connectivity index (χ4v) is 4.76. The second-order valence-electron chi connectivity index (χ2n) is 6.36. The molecule has 136 valence electrons. The van der Waals surface area contributed by atoms with Crippen LogP contribution in [0.15, 0.2) is 59.2 Å². The molecule has 0 radical (unpaired) electrons. The van der Waals surface area contributed by atoms with E-state index in [2.05, 4.69) is 39.0 Å². The first kappa shape index (κ1) is 17.9. The van der Waals surface area contributed by atoms with E-state index in [4.69, 9.17) is 0 Å². The number of aromatic nitrogens is 3. The Morgan fingerprint density at radius 2 is 2.00 bits per heavy atom. The Balaban J connectivity index is 1.53. The van der Waals surface area contributed by atoms with Crippen molar-refractivity contribution in [2.24, 2.45) is 0 Å². The minimum atomic E-state index is 0.133. The zero-order chi connectivity index (χ0) is 18.8. The van der Waals surface area contributed by atoms with Gasteiger partial charge in [0.15, 0.2) is 5.78 Å². The number of carbonyl (C=O) groups excluding carboxylic acids is 1. The normalized spacial score (nSPS) is 11.2. The summed E-state index contributed by atoms with van der Waals surface area (Å²) in [6, 6.07) is 14.1. The Morgan fingerprint density at radius 1 is 1.15 bits per heavy atom. The number of Topliss-reactive ketones (excluding diaryl/α,β-unsaturated/α-hetero) is 1. The van der Waals surface area contributed by atoms with Gasteiger partial charge < -0.3 is 4.57 Å². The van der Waals surface area contributed by atoms with Crippen LogP contribution in [0.25, 0.3) is 10.9 Å². The van der Waals surface area contributed by atoms with Gasteiger partial charge in [-0.3, -0.25) is 4.79 Å². The molecule has 0 fully saturated rings. The Labute approximate surface area is 166 Å². The summed E-state index contributed by atoms with van der Waals surface area (Å²) in [5, 5.41) is 3.92. The van der Waals surface area contributed by atoms with Crippen molar-refractivity contribution < 1.29 is 4.79 Å². The van der Waals surface area contributed by atoms with E-state index in [1.54, 1.807) is 17.7 Å². The van der Waals surface area contributed by atoms with Crippen LogP contribution in [-0.4, -0.2) is 26.1 Å². The molecule has 0 amide bonds. The fourth-order valence-electron chi connectivity index (χ4n) is 3.19. The molecule has 0 N–H and O–H groups in total. The molecule has 1 aromatic carbocycles. The van der Waals surface area contributed by atoms with Crippen molar-refractivity contribution in [1.29, 1.82) is 0 Å². The highest BCUT2D eigenvalue weighted by Gasteiger charge is 2.17. The van der Waals surface area contributed by atoms with E-state index < -0.39 is 0 Å². The van der Waals surface area contributed by atoms with Crippen molar-refractivity contribution in [2.45, 2.75) is 25.4 Å². The number of carbonyl (C=O) groups is 1. The van der Waals surface area contributed by atoms with Crippen molar-refractivity contribution >= 4 is 39.8 Å². The van der Waals surface area contributed by atoms with Crippen LogP contribution in [0.4, 0.5) is 0 Å². The minimum absolute atomic E-state index is 0.133. The molecule has 3 heterocycles. The number of thiophene rings is 1. The SMILES string of the molecule is Cc1cc(C(=O)CSc2ncnc3ccccc23)c(C)n1Cc1cccs1. The van der Waals surface area contributed by atoms with Crippen molar-refractivity contribution in [2.75, 3.05) is 5.75 Å². The molecule has 0 bridgehead atoms. The van der Waals surface area contributed by atoms with Gasteiger partial charge in [-0.15, -0.1) is 11.3 Å². The summed E-state index contributed by atoms with van der Waals surface area (Å²) in [7, 11) is 0. The summed E-state index contributed by atoms with van der Waals surface area (Å²) < 4.78 is 2.21. The van der Waals surface area contributed by atoms with Gasteiger partial charge in [0.2, 0.25) is 0 Å². The van der Waals surface area contributed by atoms with E-state index >= 15 is 0 Å². The highest BCUT2D eigenvalue weighted by molar-refractivity contribution is 8.00. The quantitative estimate of drug-likeness (QED) is 0.259. The average molecular weight is 394 g/mol. The number of hydrogen-bond acceptors (Lipinski definition) is 5. The van der Waals surface area contributed by atoms with Gasteiger partial charge in [0, 0.05) is 27.2 Å². The first-order chi connectivity index (χ1) is 13.1. The highest BCUT2D eigenvalue weighted by Crippen LogP contribution is 2.26. The van der Waals surface area contributed by atoms with Gasteiger partial charge in [-0.05, 0) is 37.4 Å². The predicted molar refractivity (Wildman–Crippen MR) is 112 cm³/mol. The number of hydrogen-bond donors (Lipinski definition) is 0. The smallest absolute Gasteiger partial charge is 0.174 e. The standard InChI is InChI=1S/C21H19N3OS2/c1-14-10-18(15(2)24(14)11-16-6-5-9-26-16)20(25)12-27-21-17-7-3-4-8-19(17)22-13-23-21/h3-10,13H,11-12H2,1-2H3. The zero-order valence-corrected chi connectivity index (χ0v) is 16.8. The lowest BCUT2D eigenvalue weighted by Crippen LogP contribution is -2.07. The van der Waals surface area contributed by atoms with Crippen LogP contribution in [-0.2, 0) is 6.54 Å².